The number of allylic oxidation sites excluding steroid dienone is 4. The van der Waals surface area contributed by atoms with Crippen LogP contribution in [0, 0.1) is 63.2 Å². The maximum absolute atomic E-state index is 14.9. The van der Waals surface area contributed by atoms with E-state index in [9.17, 15) is 19.5 Å². The Kier molecular flexibility index (Phi) is 7.67. The first-order valence-electron chi connectivity index (χ1n) is 18.0. The van der Waals surface area contributed by atoms with Crippen LogP contribution in [0.3, 0.4) is 0 Å². The molecule has 8 heteroatoms. The van der Waals surface area contributed by atoms with Crippen molar-refractivity contribution in [1.82, 2.24) is 10.0 Å². The number of hydrazine groups is 1. The first-order valence-corrected chi connectivity index (χ1v) is 18.0. The third-order valence-corrected chi connectivity index (χ3v) is 14.8. The average Bonchev–Trinajstić information content (AvgIpc) is 3.33. The molecule has 0 bridgehead atoms. The number of aliphatic hydroxyl groups is 1. The zero-order valence-electron chi connectivity index (χ0n) is 30.5. The van der Waals surface area contributed by atoms with Crippen LogP contribution in [-0.4, -0.2) is 51.6 Å². The summed E-state index contributed by atoms with van der Waals surface area (Å²) in [5.41, 5.74) is -0.832. The summed E-state index contributed by atoms with van der Waals surface area (Å²) in [5, 5.41) is 14.4. The normalized spacial score (nSPS) is 42.9. The van der Waals surface area contributed by atoms with E-state index in [-0.39, 0.29) is 63.8 Å². The molecule has 47 heavy (non-hydrogen) atoms. The lowest BCUT2D eigenvalue weighted by Gasteiger charge is -2.70. The number of rotatable bonds is 2. The Morgan fingerprint density at radius 3 is 2.38 bits per heavy atom. The number of hydrogen-bond acceptors (Lipinski definition) is 5. The molecular formula is C39H57N3O5. The highest BCUT2D eigenvalue weighted by Crippen LogP contribution is 2.75. The molecule has 1 N–H and O–H groups in total. The zero-order chi connectivity index (χ0) is 34.7. The van der Waals surface area contributed by atoms with E-state index in [0.29, 0.717) is 31.1 Å². The highest BCUT2D eigenvalue weighted by Gasteiger charge is 2.70. The van der Waals surface area contributed by atoms with Crippen molar-refractivity contribution in [3.8, 4) is 0 Å². The minimum absolute atomic E-state index is 0.0502. The van der Waals surface area contributed by atoms with Gasteiger partial charge < -0.3 is 9.84 Å². The minimum atomic E-state index is -0.669. The molecular weight excluding hydrogens is 590 g/mol. The molecule has 6 rings (SSSR count). The molecule has 9 atom stereocenters. The lowest BCUT2D eigenvalue weighted by molar-refractivity contribution is -0.188. The van der Waals surface area contributed by atoms with E-state index in [1.807, 2.05) is 26.8 Å². The predicted molar refractivity (Wildman–Crippen MR) is 180 cm³/mol. The Morgan fingerprint density at radius 2 is 1.74 bits per heavy atom. The van der Waals surface area contributed by atoms with Crippen LogP contribution in [0.25, 0.3) is 4.85 Å². The van der Waals surface area contributed by atoms with Gasteiger partial charge in [-0.3, -0.25) is 9.59 Å². The van der Waals surface area contributed by atoms with Crippen molar-refractivity contribution in [1.29, 1.82) is 0 Å². The van der Waals surface area contributed by atoms with Crippen LogP contribution in [0.15, 0.2) is 23.1 Å². The summed E-state index contributed by atoms with van der Waals surface area (Å²) in [6.45, 7) is 30.0. The highest BCUT2D eigenvalue weighted by molar-refractivity contribution is 5.95. The first-order chi connectivity index (χ1) is 21.7. The van der Waals surface area contributed by atoms with Crippen molar-refractivity contribution in [3.63, 3.8) is 0 Å². The van der Waals surface area contributed by atoms with Crippen molar-refractivity contribution in [2.75, 3.05) is 13.1 Å². The lowest BCUT2D eigenvalue weighted by atomic mass is 9.33. The predicted octanol–water partition coefficient (Wildman–Crippen LogP) is 8.51. The van der Waals surface area contributed by atoms with Crippen molar-refractivity contribution >= 4 is 17.8 Å². The van der Waals surface area contributed by atoms with Crippen LogP contribution in [0.2, 0.25) is 0 Å². The number of aliphatic hydroxyl groups excluding tert-OH is 1. The molecule has 1 aliphatic heterocycles. The number of hydrogen-bond donors (Lipinski definition) is 1. The smallest absolute Gasteiger partial charge is 0.429 e. The number of carbonyl (C=O) groups is 3. The van der Waals surface area contributed by atoms with Gasteiger partial charge in [0.25, 0.3) is 0 Å². The fourth-order valence-corrected chi connectivity index (χ4v) is 12.1. The molecule has 6 aliphatic rings. The van der Waals surface area contributed by atoms with Gasteiger partial charge in [0.1, 0.15) is 11.4 Å². The van der Waals surface area contributed by atoms with Crippen LogP contribution in [-0.2, 0) is 14.3 Å². The van der Waals surface area contributed by atoms with Crippen LogP contribution in [0.4, 0.5) is 4.79 Å². The summed E-state index contributed by atoms with van der Waals surface area (Å²) < 4.78 is 5.74. The van der Waals surface area contributed by atoms with Crippen LogP contribution < -0.4 is 0 Å². The van der Waals surface area contributed by atoms with Crippen molar-refractivity contribution < 1.29 is 24.2 Å². The average molecular weight is 648 g/mol. The molecule has 1 heterocycles. The van der Waals surface area contributed by atoms with Gasteiger partial charge in [0.05, 0.1) is 13.1 Å². The highest BCUT2D eigenvalue weighted by atomic mass is 16.6. The fraction of sp³-hybridized carbons (Fsp3) is 0.795. The number of ether oxygens (including phenoxy) is 1. The maximum Gasteiger partial charge on any atom is 0.429 e. The zero-order valence-corrected chi connectivity index (χ0v) is 30.5. The van der Waals surface area contributed by atoms with Crippen LogP contribution in [0.1, 0.15) is 121 Å². The summed E-state index contributed by atoms with van der Waals surface area (Å²) in [7, 11) is 0. The van der Waals surface area contributed by atoms with E-state index < -0.39 is 22.5 Å². The van der Waals surface area contributed by atoms with Gasteiger partial charge in [0.2, 0.25) is 11.6 Å². The Morgan fingerprint density at radius 1 is 1.06 bits per heavy atom. The van der Waals surface area contributed by atoms with E-state index >= 15 is 0 Å². The molecule has 2 amide bonds. The van der Waals surface area contributed by atoms with Gasteiger partial charge >= 0.3 is 6.09 Å². The van der Waals surface area contributed by atoms with Crippen molar-refractivity contribution in [3.05, 3.63) is 34.5 Å². The molecule has 0 aromatic heterocycles. The molecule has 0 spiro atoms. The SMILES string of the molecule is [C-]#[N+]C1=C(O)C(C)(C)[C@@H]2CC[C@]3(C)C(=CC(=O)[C@@H]4[C@@H]5[C@@H](C)[C@H](C)CC[C@]5(CN5C(=O)CCN5C(=O)OC(C)(C)C)CC[C@]43C)[C@@]2(C)C1. The molecule has 3 saturated carbocycles. The van der Waals surface area contributed by atoms with Crippen molar-refractivity contribution in [2.24, 2.45) is 56.7 Å². The Hall–Kier alpha value is -2.82. The van der Waals surface area contributed by atoms with Gasteiger partial charge in [0.15, 0.2) is 5.78 Å². The fourth-order valence-electron chi connectivity index (χ4n) is 12.1. The Bertz CT molecular complexity index is 1500. The molecule has 5 aliphatic carbocycles. The molecule has 0 aromatic carbocycles. The number of fused-ring (bicyclic) bond motifs is 7. The van der Waals surface area contributed by atoms with Gasteiger partial charge in [-0.15, -0.1) is 0 Å². The molecule has 258 valence electrons. The van der Waals surface area contributed by atoms with Crippen molar-refractivity contribution in [2.45, 2.75) is 126 Å². The number of amides is 2. The summed E-state index contributed by atoms with van der Waals surface area (Å²) in [6.07, 6.45) is 7.83. The van der Waals surface area contributed by atoms with Crippen LogP contribution >= 0.6 is 0 Å². The van der Waals surface area contributed by atoms with Gasteiger partial charge in [0, 0.05) is 24.3 Å². The first kappa shape index (κ1) is 34.1. The standard InChI is InChI=1S/C39H57N3O5/c1-23-12-16-39(22-42-29(44)14-19-41(42)33(46)47-34(3,4)5)18-17-38(10)31(30(39)24(23)2)26(43)20-28-36(8)21-25(40-11)32(45)35(6,7)27(36)13-15-37(28,38)9/h20,23-24,27,30-31,45H,12-19,21-22H2,1-10H3/t23-,24+,27+,30+,31-,36+,37-,38-,39-/m1/s1. The minimum Gasteiger partial charge on any atom is -0.523 e. The topological polar surface area (TPSA) is 91.5 Å². The molecule has 0 aromatic rings. The summed E-state index contributed by atoms with van der Waals surface area (Å²) in [5.74, 6) is 1.07. The van der Waals surface area contributed by atoms with E-state index in [0.717, 1.165) is 38.5 Å². The molecule has 1 saturated heterocycles. The number of ketones is 1. The van der Waals surface area contributed by atoms with Gasteiger partial charge in [-0.25, -0.2) is 19.7 Å². The van der Waals surface area contributed by atoms with Crippen LogP contribution in [0.5, 0.6) is 0 Å². The largest absolute Gasteiger partial charge is 0.523 e. The number of nitrogens with zero attached hydrogens (tertiary/aromatic N) is 3. The monoisotopic (exact) mass is 647 g/mol. The van der Waals surface area contributed by atoms with Gasteiger partial charge in [-0.2, -0.15) is 0 Å². The van der Waals surface area contributed by atoms with Gasteiger partial charge in [-0.1, -0.05) is 54.0 Å². The Balaban J connectivity index is 1.43. The second kappa shape index (κ2) is 10.6. The van der Waals surface area contributed by atoms with E-state index in [2.05, 4.69) is 53.3 Å². The molecule has 0 unspecified atom stereocenters. The maximum atomic E-state index is 14.9. The molecule has 8 nitrogen and oxygen atoms in total. The second-order valence-electron chi connectivity index (χ2n) is 18.6. The lowest BCUT2D eigenvalue weighted by Crippen LogP contribution is -2.67. The summed E-state index contributed by atoms with van der Waals surface area (Å²) in [4.78, 5) is 45.5. The van der Waals surface area contributed by atoms with E-state index in [1.54, 1.807) is 5.01 Å². The third-order valence-electron chi connectivity index (χ3n) is 14.8. The number of carbonyl (C=O) groups excluding carboxylic acids is 3. The summed E-state index contributed by atoms with van der Waals surface area (Å²) >= 11 is 0. The van der Waals surface area contributed by atoms with Gasteiger partial charge in [-0.05, 0) is 117 Å². The van der Waals surface area contributed by atoms with E-state index in [4.69, 9.17) is 11.3 Å². The van der Waals surface area contributed by atoms with E-state index in [1.165, 1.54) is 10.6 Å². The quantitative estimate of drug-likeness (QED) is 0.304. The molecule has 0 radical (unpaired) electrons. The Labute approximate surface area is 282 Å². The molecule has 4 fully saturated rings. The second-order valence-corrected chi connectivity index (χ2v) is 18.6. The third kappa shape index (κ3) is 4.67. The summed E-state index contributed by atoms with van der Waals surface area (Å²) in [6, 6.07) is 0.